The molecule has 7 nitrogen and oxygen atoms in total. The molecule has 0 saturated carbocycles. The fourth-order valence-corrected chi connectivity index (χ4v) is 5.18. The van der Waals surface area contributed by atoms with Crippen LogP contribution >= 0.6 is 0 Å². The second kappa shape index (κ2) is 15.3. The molecule has 5 rings (SSSR count). The second-order valence-corrected chi connectivity index (χ2v) is 10.3. The van der Waals surface area contributed by atoms with Crippen molar-refractivity contribution < 1.29 is 63.4 Å². The van der Waals surface area contributed by atoms with Crippen LogP contribution in [-0.2, 0) is 12.8 Å². The number of aliphatic hydroxyl groups excluding tert-OH is 1. The van der Waals surface area contributed by atoms with Crippen LogP contribution in [0.5, 0.6) is 11.5 Å². The summed E-state index contributed by atoms with van der Waals surface area (Å²) in [7, 11) is 0. The predicted octanol–water partition coefficient (Wildman–Crippen LogP) is 4.99. The molecule has 1 aliphatic rings. The molecule has 0 fully saturated rings. The Kier molecular flexibility index (Phi) is 11.6. The number of carbonyl (C=O) groups excluding carboxylic acids is 1. The van der Waals surface area contributed by atoms with Gasteiger partial charge < -0.3 is 25.6 Å². The summed E-state index contributed by atoms with van der Waals surface area (Å²) in [5.41, 5.74) is 11.0. The Hall–Kier alpha value is -3.18. The van der Waals surface area contributed by atoms with Gasteiger partial charge in [0.1, 0.15) is 19.0 Å². The molecule has 4 aromatic rings. The van der Waals surface area contributed by atoms with Crippen LogP contribution in [0.3, 0.4) is 0 Å². The van der Waals surface area contributed by atoms with Crippen LogP contribution in [-0.4, -0.2) is 42.7 Å². The number of aliphatic hydroxyl groups is 1. The fraction of sp³-hybridized carbons (Fsp3) is 0.235. The van der Waals surface area contributed by atoms with Gasteiger partial charge in [-0.2, -0.15) is 0 Å². The van der Waals surface area contributed by atoms with E-state index in [1.807, 2.05) is 78.9 Å². The number of benzene rings is 4. The Labute approximate surface area is 282 Å². The van der Waals surface area contributed by atoms with Crippen molar-refractivity contribution >= 4 is 11.7 Å². The molecule has 1 radical (unpaired) electrons. The van der Waals surface area contributed by atoms with E-state index >= 15 is 0 Å². The van der Waals surface area contributed by atoms with Gasteiger partial charge in [0.15, 0.2) is 11.5 Å². The Balaban J connectivity index is 0.00000405. The molecule has 0 saturated heterocycles. The summed E-state index contributed by atoms with van der Waals surface area (Å²) < 4.78 is 11.3. The minimum absolute atomic E-state index is 0. The van der Waals surface area contributed by atoms with Crippen LogP contribution in [0.15, 0.2) is 97.1 Å². The summed E-state index contributed by atoms with van der Waals surface area (Å²) in [5.74, 6) is 1.06. The van der Waals surface area contributed by atoms with Gasteiger partial charge in [-0.15, -0.1) is 0 Å². The van der Waals surface area contributed by atoms with Gasteiger partial charge in [-0.05, 0) is 71.8 Å². The number of hydrogen-bond donors (Lipinski definition) is 4. The second-order valence-electron chi connectivity index (χ2n) is 10.3. The van der Waals surface area contributed by atoms with Gasteiger partial charge in [0.05, 0.1) is 0 Å². The fourth-order valence-electron chi connectivity index (χ4n) is 5.18. The predicted molar refractivity (Wildman–Crippen MR) is 161 cm³/mol. The first-order chi connectivity index (χ1) is 20.0. The van der Waals surface area contributed by atoms with Gasteiger partial charge in [0.25, 0.3) is 5.91 Å². The Morgan fingerprint density at radius 1 is 0.833 bits per heavy atom. The maximum absolute atomic E-state index is 13.4. The van der Waals surface area contributed by atoms with Gasteiger partial charge in [0, 0.05) is 73.8 Å². The molecule has 0 aromatic heterocycles. The Bertz CT molecular complexity index is 1490. The summed E-state index contributed by atoms with van der Waals surface area (Å²) in [6.07, 6.45) is 1.97. The number of amidine groups is 1. The summed E-state index contributed by atoms with van der Waals surface area (Å²) >= 11 is 0. The third-order valence-corrected chi connectivity index (χ3v) is 7.47. The Morgan fingerprint density at radius 2 is 1.52 bits per heavy atom. The monoisotopic (exact) mass is 776 g/mol. The van der Waals surface area contributed by atoms with Gasteiger partial charge in [-0.3, -0.25) is 10.2 Å². The first kappa shape index (κ1) is 31.8. The average Bonchev–Trinajstić information content (AvgIpc) is 3.02. The molecule has 0 spiro atoms. The number of hydrogen-bond acceptors (Lipinski definition) is 5. The number of nitrogen functional groups attached to an aromatic ring is 1. The van der Waals surface area contributed by atoms with Crippen molar-refractivity contribution in [3.05, 3.63) is 119 Å². The van der Waals surface area contributed by atoms with Gasteiger partial charge in [-0.1, -0.05) is 66.7 Å². The first-order valence-electron chi connectivity index (χ1n) is 13.9. The molecule has 213 valence electrons. The maximum Gasteiger partial charge on any atom is 0.251 e. The molecule has 2 unspecified atom stereocenters. The van der Waals surface area contributed by atoms with Gasteiger partial charge in [0.2, 0.25) is 0 Å². The van der Waals surface area contributed by atoms with E-state index in [-0.39, 0.29) is 74.4 Å². The molecule has 0 aliphatic carbocycles. The number of amides is 1. The van der Waals surface area contributed by atoms with Crippen molar-refractivity contribution in [1.29, 1.82) is 5.41 Å². The van der Waals surface area contributed by atoms with E-state index < -0.39 is 0 Å². The van der Waals surface area contributed by atoms with Crippen LogP contribution in [0, 0.1) is 55.4 Å². The van der Waals surface area contributed by atoms with E-state index in [1.54, 1.807) is 6.07 Å². The largest absolute Gasteiger partial charge is 0.486 e. The van der Waals surface area contributed by atoms with E-state index in [4.69, 9.17) is 20.6 Å². The van der Waals surface area contributed by atoms with E-state index in [2.05, 4.69) is 17.4 Å². The van der Waals surface area contributed by atoms with Crippen LogP contribution < -0.4 is 20.5 Å². The third-order valence-electron chi connectivity index (χ3n) is 7.47. The smallest absolute Gasteiger partial charge is 0.251 e. The van der Waals surface area contributed by atoms with Crippen LogP contribution in [0.4, 0.5) is 0 Å². The minimum atomic E-state index is -0.272. The van der Waals surface area contributed by atoms with E-state index in [0.717, 1.165) is 34.6 Å². The molecule has 1 heterocycles. The number of aryl methyl sites for hydroxylation is 1. The number of nitrogens with one attached hydrogen (secondary N) is 2. The molecule has 0 bridgehead atoms. The standard InChI is InChI=1S/C34H35N3O4.Ac/c35-33(36)28-8-4-7-24(19-28)20-29(22-38)30(15-9-23-5-2-1-3-6-23)37-34(39)26-12-10-25(11-13-26)27-14-16-31-32(21-27)41-18-17-40-31;/h1-8,10-14,16,19,21,29-30,38H,9,15,17-18,20,22H2,(H3,35,36)(H,37,39);. The number of nitrogens with two attached hydrogens (primary N) is 1. The number of ether oxygens (including phenoxy) is 2. The average molecular weight is 777 g/mol. The van der Waals surface area contributed by atoms with Crippen LogP contribution in [0.2, 0.25) is 0 Å². The molecular weight excluding hydrogens is 741 g/mol. The molecule has 5 N–H and O–H groups in total. The Morgan fingerprint density at radius 3 is 2.24 bits per heavy atom. The zero-order chi connectivity index (χ0) is 28.6. The van der Waals surface area contributed by atoms with Gasteiger partial charge in [-0.25, -0.2) is 0 Å². The van der Waals surface area contributed by atoms with Crippen LogP contribution in [0.1, 0.15) is 33.5 Å². The molecule has 1 amide bonds. The molecule has 1 aliphatic heterocycles. The van der Waals surface area contributed by atoms with Crippen molar-refractivity contribution in [3.63, 3.8) is 0 Å². The molecule has 42 heavy (non-hydrogen) atoms. The number of fused-ring (bicyclic) bond motifs is 1. The van der Waals surface area contributed by atoms with Gasteiger partial charge >= 0.3 is 0 Å². The van der Waals surface area contributed by atoms with Crippen molar-refractivity contribution in [2.45, 2.75) is 25.3 Å². The summed E-state index contributed by atoms with van der Waals surface area (Å²) in [4.78, 5) is 13.4. The van der Waals surface area contributed by atoms with Crippen molar-refractivity contribution in [3.8, 4) is 22.6 Å². The normalized spacial score (nSPS) is 13.4. The van der Waals surface area contributed by atoms with Crippen molar-refractivity contribution in [2.75, 3.05) is 19.8 Å². The molecule has 8 heteroatoms. The summed E-state index contributed by atoms with van der Waals surface area (Å²) in [6, 6.07) is 30.7. The maximum atomic E-state index is 13.4. The first-order valence-corrected chi connectivity index (χ1v) is 13.9. The molecular formula is C34H35AcN3O4. The quantitative estimate of drug-likeness (QED) is 0.127. The van der Waals surface area contributed by atoms with Crippen molar-refractivity contribution in [1.82, 2.24) is 5.32 Å². The zero-order valence-electron chi connectivity index (χ0n) is 23.5. The molecule has 2 atom stereocenters. The minimum Gasteiger partial charge on any atom is -0.486 e. The number of carbonyl (C=O) groups is 1. The summed E-state index contributed by atoms with van der Waals surface area (Å²) in [5, 5.41) is 21.4. The topological polar surface area (TPSA) is 118 Å². The van der Waals surface area contributed by atoms with E-state index in [0.29, 0.717) is 37.2 Å². The van der Waals surface area contributed by atoms with E-state index in [1.165, 1.54) is 5.56 Å². The number of rotatable bonds is 11. The van der Waals surface area contributed by atoms with Crippen molar-refractivity contribution in [2.24, 2.45) is 11.7 Å². The molecule has 4 aromatic carbocycles. The zero-order valence-corrected chi connectivity index (χ0v) is 28.2. The van der Waals surface area contributed by atoms with Crippen LogP contribution in [0.25, 0.3) is 11.1 Å². The van der Waals surface area contributed by atoms with E-state index in [9.17, 15) is 9.90 Å². The third kappa shape index (κ3) is 8.22. The SMILES string of the molecule is N=C(N)c1cccc(CC(CO)C(CCc2ccccc2)NC(=O)c2ccc(-c3ccc4c(c3)OCCO4)cc2)c1.[Ac]. The summed E-state index contributed by atoms with van der Waals surface area (Å²) in [6.45, 7) is 0.982.